The van der Waals surface area contributed by atoms with Gasteiger partial charge in [-0.1, -0.05) is 30.9 Å². The van der Waals surface area contributed by atoms with Crippen molar-refractivity contribution in [2.24, 2.45) is 11.0 Å². The first-order valence-electron chi connectivity index (χ1n) is 11.4. The number of hydrazone groups is 1. The van der Waals surface area contributed by atoms with Gasteiger partial charge in [-0.25, -0.2) is 19.7 Å². The van der Waals surface area contributed by atoms with Gasteiger partial charge in [-0.2, -0.15) is 5.10 Å². The molecule has 1 aromatic heterocycles. The van der Waals surface area contributed by atoms with Gasteiger partial charge in [-0.3, -0.25) is 0 Å². The molecule has 2 fully saturated rings. The molecule has 0 bridgehead atoms. The number of nitrogen functional groups attached to an aromatic ring is 1. The van der Waals surface area contributed by atoms with E-state index in [1.165, 1.54) is 19.3 Å². The molecule has 2 aliphatic heterocycles. The minimum Gasteiger partial charge on any atom is -0.397 e. The number of rotatable bonds is 3. The molecule has 1 aliphatic carbocycles. The Labute approximate surface area is 193 Å². The summed E-state index contributed by atoms with van der Waals surface area (Å²) >= 11 is 6.43. The average molecular weight is 454 g/mol. The molecule has 168 valence electrons. The topological polar surface area (TPSA) is 84.0 Å². The fraction of sp³-hybridized carbons (Fsp3) is 0.458. The first-order valence-corrected chi connectivity index (χ1v) is 11.8. The summed E-state index contributed by atoms with van der Waals surface area (Å²) in [5.74, 6) is 0.822. The second kappa shape index (κ2) is 9.08. The molecule has 1 aromatic carbocycles. The largest absolute Gasteiger partial charge is 0.397 e. The zero-order chi connectivity index (χ0) is 22.1. The predicted molar refractivity (Wildman–Crippen MR) is 126 cm³/mol. The van der Waals surface area contributed by atoms with Gasteiger partial charge in [-0.05, 0) is 56.0 Å². The lowest BCUT2D eigenvalue weighted by Gasteiger charge is -2.33. The van der Waals surface area contributed by atoms with Crippen LogP contribution in [0.4, 0.5) is 22.0 Å². The number of anilines is 3. The van der Waals surface area contributed by atoms with E-state index in [1.807, 2.05) is 18.2 Å². The van der Waals surface area contributed by atoms with E-state index >= 15 is 0 Å². The summed E-state index contributed by atoms with van der Waals surface area (Å²) in [6.07, 6.45) is 8.86. The molecular formula is C24H28ClN5O2. The molecule has 1 saturated carbocycles. The number of urea groups is 1. The van der Waals surface area contributed by atoms with E-state index in [4.69, 9.17) is 27.2 Å². The Hall–Kier alpha value is -2.64. The van der Waals surface area contributed by atoms with Crippen molar-refractivity contribution < 1.29 is 9.53 Å². The fourth-order valence-corrected chi connectivity index (χ4v) is 5.09. The number of halogens is 1. The lowest BCUT2D eigenvalue weighted by Crippen LogP contribution is -2.45. The number of aromatic nitrogens is 1. The van der Waals surface area contributed by atoms with Crippen molar-refractivity contribution >= 4 is 40.5 Å². The van der Waals surface area contributed by atoms with E-state index in [-0.39, 0.29) is 12.1 Å². The van der Waals surface area contributed by atoms with Crippen LogP contribution in [0.1, 0.15) is 50.5 Å². The van der Waals surface area contributed by atoms with E-state index in [9.17, 15) is 4.79 Å². The van der Waals surface area contributed by atoms with Gasteiger partial charge >= 0.3 is 6.03 Å². The van der Waals surface area contributed by atoms with Crippen LogP contribution >= 0.6 is 11.6 Å². The predicted octanol–water partition coefficient (Wildman–Crippen LogP) is 5.35. The Bertz CT molecular complexity index is 1010. The Morgan fingerprint density at radius 1 is 1.03 bits per heavy atom. The zero-order valence-electron chi connectivity index (χ0n) is 18.0. The molecule has 8 heteroatoms. The number of carbonyl (C=O) groups excluding carboxylic acids is 1. The Balaban J connectivity index is 1.68. The summed E-state index contributed by atoms with van der Waals surface area (Å²) in [4.78, 5) is 20.1. The van der Waals surface area contributed by atoms with Crippen LogP contribution in [0.3, 0.4) is 0 Å². The van der Waals surface area contributed by atoms with Gasteiger partial charge < -0.3 is 10.5 Å². The normalized spacial score (nSPS) is 20.7. The van der Waals surface area contributed by atoms with E-state index in [2.05, 4.69) is 4.98 Å². The highest BCUT2D eigenvalue weighted by Gasteiger charge is 2.38. The minimum atomic E-state index is -0.219. The maximum absolute atomic E-state index is 14.0. The van der Waals surface area contributed by atoms with Crippen LogP contribution in [-0.4, -0.2) is 41.0 Å². The van der Waals surface area contributed by atoms with Crippen LogP contribution in [0.5, 0.6) is 0 Å². The molecule has 1 saturated heterocycles. The van der Waals surface area contributed by atoms with Gasteiger partial charge in [-0.15, -0.1) is 0 Å². The molecule has 2 amide bonds. The van der Waals surface area contributed by atoms with Gasteiger partial charge in [0, 0.05) is 29.7 Å². The van der Waals surface area contributed by atoms with Crippen molar-refractivity contribution in [1.29, 1.82) is 0 Å². The second-order valence-corrected chi connectivity index (χ2v) is 9.17. The van der Waals surface area contributed by atoms with Crippen LogP contribution in [0.25, 0.3) is 0 Å². The molecule has 0 radical (unpaired) electrons. The zero-order valence-corrected chi connectivity index (χ0v) is 18.8. The smallest absolute Gasteiger partial charge is 0.351 e. The maximum atomic E-state index is 14.0. The summed E-state index contributed by atoms with van der Waals surface area (Å²) in [6, 6.07) is 9.01. The Kier molecular flexibility index (Phi) is 6.02. The fourth-order valence-electron chi connectivity index (χ4n) is 4.92. The number of benzene rings is 1. The first kappa shape index (κ1) is 21.2. The van der Waals surface area contributed by atoms with Gasteiger partial charge in [0.2, 0.25) is 0 Å². The van der Waals surface area contributed by atoms with Crippen LogP contribution in [0.2, 0.25) is 5.02 Å². The third kappa shape index (κ3) is 4.07. The lowest BCUT2D eigenvalue weighted by molar-refractivity contribution is 0.0480. The van der Waals surface area contributed by atoms with Crippen molar-refractivity contribution in [2.75, 3.05) is 23.8 Å². The number of nitrogens with zero attached hydrogens (tertiary/aromatic N) is 4. The van der Waals surface area contributed by atoms with Crippen molar-refractivity contribution in [3.63, 3.8) is 0 Å². The summed E-state index contributed by atoms with van der Waals surface area (Å²) in [5.41, 5.74) is 9.06. The molecule has 0 unspecified atom stereocenters. The minimum absolute atomic E-state index is 0.0177. The van der Waals surface area contributed by atoms with E-state index < -0.39 is 0 Å². The van der Waals surface area contributed by atoms with Crippen LogP contribution in [-0.2, 0) is 4.74 Å². The number of hydrogen-bond acceptors (Lipinski definition) is 5. The highest BCUT2D eigenvalue weighted by atomic mass is 35.5. The summed E-state index contributed by atoms with van der Waals surface area (Å²) < 4.78 is 5.56. The molecule has 7 nitrogen and oxygen atoms in total. The maximum Gasteiger partial charge on any atom is 0.351 e. The Morgan fingerprint density at radius 2 is 1.81 bits per heavy atom. The van der Waals surface area contributed by atoms with Crippen LogP contribution in [0, 0.1) is 5.92 Å². The second-order valence-electron chi connectivity index (χ2n) is 8.74. The van der Waals surface area contributed by atoms with Crippen molar-refractivity contribution in [1.82, 2.24) is 9.99 Å². The molecule has 2 aromatic rings. The molecule has 3 aliphatic rings. The molecule has 0 atom stereocenters. The molecule has 2 N–H and O–H groups in total. The third-order valence-corrected chi connectivity index (χ3v) is 6.84. The highest BCUT2D eigenvalue weighted by Crippen LogP contribution is 2.39. The van der Waals surface area contributed by atoms with Crippen molar-refractivity contribution in [3.05, 3.63) is 47.1 Å². The molecular weight excluding hydrogens is 426 g/mol. The first-order chi connectivity index (χ1) is 15.6. The van der Waals surface area contributed by atoms with Crippen molar-refractivity contribution in [3.8, 4) is 0 Å². The lowest BCUT2D eigenvalue weighted by atomic mass is 9.83. The number of ether oxygens (including phenoxy) is 1. The molecule has 3 heterocycles. The van der Waals surface area contributed by atoms with E-state index in [0.717, 1.165) is 42.6 Å². The van der Waals surface area contributed by atoms with Gasteiger partial charge in [0.1, 0.15) is 5.82 Å². The van der Waals surface area contributed by atoms with Crippen molar-refractivity contribution in [2.45, 2.75) is 51.0 Å². The number of pyridine rings is 1. The number of nitrogens with two attached hydrogens (primary N) is 1. The highest BCUT2D eigenvalue weighted by molar-refractivity contribution is 6.31. The van der Waals surface area contributed by atoms with Crippen LogP contribution in [0.15, 0.2) is 41.6 Å². The monoisotopic (exact) mass is 453 g/mol. The Morgan fingerprint density at radius 3 is 2.53 bits per heavy atom. The quantitative estimate of drug-likeness (QED) is 0.678. The third-order valence-electron chi connectivity index (χ3n) is 6.61. The van der Waals surface area contributed by atoms with Gasteiger partial charge in [0.15, 0.2) is 0 Å². The van der Waals surface area contributed by atoms with E-state index in [1.54, 1.807) is 28.2 Å². The summed E-state index contributed by atoms with van der Waals surface area (Å²) in [6.45, 7) is 1.25. The van der Waals surface area contributed by atoms with E-state index in [0.29, 0.717) is 35.7 Å². The van der Waals surface area contributed by atoms with Gasteiger partial charge in [0.25, 0.3) is 0 Å². The average Bonchev–Trinajstić information content (AvgIpc) is 2.95. The summed E-state index contributed by atoms with van der Waals surface area (Å²) in [7, 11) is 0. The number of amides is 2. The SMILES string of the molecule is Nc1ccc(N2C(=O)N(C3CCOCC3)N=C(C3CCCCC3)c3ccc(Cl)cc32)nc1. The number of fused-ring (bicyclic) bond motifs is 1. The number of carbonyl (C=O) groups is 1. The molecule has 5 rings (SSSR count). The summed E-state index contributed by atoms with van der Waals surface area (Å²) in [5, 5.41) is 7.32. The van der Waals surface area contributed by atoms with Gasteiger partial charge in [0.05, 0.1) is 29.3 Å². The molecule has 32 heavy (non-hydrogen) atoms. The number of hydrogen-bond donors (Lipinski definition) is 1. The standard InChI is InChI=1S/C24H28ClN5O2/c25-17-6-8-20-21(14-17)29(22-9-7-18(26)15-27-22)24(31)30(19-10-12-32-13-11-19)28-23(20)16-4-2-1-3-5-16/h6-9,14-16,19H,1-5,10-13,26H2. The molecule has 0 spiro atoms. The van der Waals surface area contributed by atoms with Crippen LogP contribution < -0.4 is 10.6 Å².